The third kappa shape index (κ3) is 4.18. The minimum atomic E-state index is -1.17. The molecule has 4 rings (SSSR count). The second kappa shape index (κ2) is 8.62. The molecule has 0 spiro atoms. The molecule has 2 atom stereocenters. The first kappa shape index (κ1) is 20.0. The molecule has 2 heterocycles. The van der Waals surface area contributed by atoms with Gasteiger partial charge in [-0.2, -0.15) is 0 Å². The number of methoxy groups -OCH3 is 1. The molecule has 7 nitrogen and oxygen atoms in total. The monoisotopic (exact) mass is 471 g/mol. The first-order valence-electron chi connectivity index (χ1n) is 9.16. The smallest absolute Gasteiger partial charge is 0.408 e. The van der Waals surface area contributed by atoms with Crippen molar-refractivity contribution in [3.63, 3.8) is 0 Å². The number of hydrogen-bond acceptors (Lipinski definition) is 6. The van der Waals surface area contributed by atoms with Crippen molar-refractivity contribution in [2.24, 2.45) is 0 Å². The van der Waals surface area contributed by atoms with Crippen LogP contribution >= 0.6 is 15.9 Å². The fraction of sp³-hybridized carbons (Fsp3) is 0.182. The highest BCUT2D eigenvalue weighted by atomic mass is 79.9. The Balaban J connectivity index is 1.62. The van der Waals surface area contributed by atoms with Crippen LogP contribution in [0.5, 0.6) is 11.5 Å². The van der Waals surface area contributed by atoms with Crippen LogP contribution in [-0.2, 0) is 11.3 Å². The molecule has 0 radical (unpaired) electrons. The summed E-state index contributed by atoms with van der Waals surface area (Å²) in [7, 11) is 1.55. The van der Waals surface area contributed by atoms with Gasteiger partial charge in [-0.15, -0.1) is 0 Å². The van der Waals surface area contributed by atoms with Crippen molar-refractivity contribution in [3.8, 4) is 11.5 Å². The van der Waals surface area contributed by atoms with Crippen molar-refractivity contribution in [2.75, 3.05) is 7.11 Å². The van der Waals surface area contributed by atoms with Crippen molar-refractivity contribution in [1.29, 1.82) is 0 Å². The van der Waals surface area contributed by atoms with Gasteiger partial charge in [-0.25, -0.2) is 4.79 Å². The highest BCUT2D eigenvalue weighted by Crippen LogP contribution is 2.38. The Morgan fingerprint density at radius 1 is 1.17 bits per heavy atom. The zero-order chi connectivity index (χ0) is 21.1. The fourth-order valence-corrected chi connectivity index (χ4v) is 3.55. The zero-order valence-corrected chi connectivity index (χ0v) is 17.5. The summed E-state index contributed by atoms with van der Waals surface area (Å²) in [6.07, 6.45) is -1.24. The molecular weight excluding hydrogens is 454 g/mol. The van der Waals surface area contributed by atoms with Gasteiger partial charge in [0.15, 0.2) is 6.10 Å². The van der Waals surface area contributed by atoms with Crippen LogP contribution in [0.15, 0.2) is 69.8 Å². The second-order valence-corrected chi connectivity index (χ2v) is 7.49. The lowest BCUT2D eigenvalue weighted by Gasteiger charge is -2.32. The maximum absolute atomic E-state index is 13.2. The number of halogens is 1. The molecule has 8 heteroatoms. The third-order valence-corrected chi connectivity index (χ3v) is 5.13. The molecule has 1 aromatic heterocycles. The predicted octanol–water partition coefficient (Wildman–Crippen LogP) is 4.66. The number of ketones is 1. The van der Waals surface area contributed by atoms with Gasteiger partial charge >= 0.3 is 6.09 Å². The topological polar surface area (TPSA) is 87.0 Å². The second-order valence-electron chi connectivity index (χ2n) is 6.58. The summed E-state index contributed by atoms with van der Waals surface area (Å²) >= 11 is 3.36. The molecule has 1 aliphatic heterocycles. The first-order chi connectivity index (χ1) is 14.5. The van der Waals surface area contributed by atoms with Crippen LogP contribution in [-0.4, -0.2) is 25.1 Å². The first-order valence-corrected chi connectivity index (χ1v) is 9.95. The lowest BCUT2D eigenvalue weighted by molar-refractivity contribution is 0.00879. The van der Waals surface area contributed by atoms with E-state index in [1.165, 1.54) is 6.26 Å². The van der Waals surface area contributed by atoms with Gasteiger partial charge in [0.05, 0.1) is 25.5 Å². The minimum absolute atomic E-state index is 0.138. The van der Waals surface area contributed by atoms with Crippen LogP contribution < -0.4 is 14.8 Å². The number of carbonyl (C=O) groups excluding carboxylic acids is 2. The van der Waals surface area contributed by atoms with Crippen molar-refractivity contribution >= 4 is 27.8 Å². The van der Waals surface area contributed by atoms with E-state index in [4.69, 9.17) is 18.6 Å². The van der Waals surface area contributed by atoms with Gasteiger partial charge in [-0.1, -0.05) is 28.1 Å². The summed E-state index contributed by atoms with van der Waals surface area (Å²) in [5.41, 5.74) is 0.993. The van der Waals surface area contributed by atoms with E-state index < -0.39 is 18.3 Å². The Kier molecular flexibility index (Phi) is 5.76. The van der Waals surface area contributed by atoms with E-state index in [0.717, 1.165) is 4.47 Å². The lowest BCUT2D eigenvalue weighted by atomic mass is 9.93. The molecule has 30 heavy (non-hydrogen) atoms. The van der Waals surface area contributed by atoms with Crippen molar-refractivity contribution < 1.29 is 28.2 Å². The van der Waals surface area contributed by atoms with Gasteiger partial charge in [0.1, 0.15) is 17.3 Å². The van der Waals surface area contributed by atoms with Crippen LogP contribution in [0.3, 0.4) is 0 Å². The van der Waals surface area contributed by atoms with Gasteiger partial charge in [-0.3, -0.25) is 4.79 Å². The molecule has 0 unspecified atom stereocenters. The van der Waals surface area contributed by atoms with Gasteiger partial charge in [0.25, 0.3) is 0 Å². The van der Waals surface area contributed by atoms with E-state index in [1.54, 1.807) is 61.7 Å². The Morgan fingerprint density at radius 2 is 2.03 bits per heavy atom. The van der Waals surface area contributed by atoms with Crippen molar-refractivity contribution in [1.82, 2.24) is 5.32 Å². The molecule has 0 fully saturated rings. The molecule has 0 saturated heterocycles. The number of fused-ring (bicyclic) bond motifs is 1. The summed E-state index contributed by atoms with van der Waals surface area (Å²) in [5.74, 6) is 1.24. The maximum Gasteiger partial charge on any atom is 0.408 e. The summed E-state index contributed by atoms with van der Waals surface area (Å²) in [5, 5.41) is 2.59. The summed E-state index contributed by atoms with van der Waals surface area (Å²) < 4.78 is 22.8. The number of nitrogens with one attached hydrogen (secondary N) is 1. The van der Waals surface area contributed by atoms with E-state index >= 15 is 0 Å². The predicted molar refractivity (Wildman–Crippen MR) is 111 cm³/mol. The molecule has 3 aromatic rings. The van der Waals surface area contributed by atoms with E-state index in [-0.39, 0.29) is 12.3 Å². The molecule has 1 amide bonds. The summed E-state index contributed by atoms with van der Waals surface area (Å²) in [4.78, 5) is 25.6. The van der Waals surface area contributed by atoms with Crippen LogP contribution in [0.2, 0.25) is 0 Å². The molecule has 154 valence electrons. The van der Waals surface area contributed by atoms with Crippen LogP contribution in [0.25, 0.3) is 0 Å². The average molecular weight is 472 g/mol. The molecular formula is C22H18BrNO6. The van der Waals surface area contributed by atoms with Crippen LogP contribution in [0.4, 0.5) is 4.79 Å². The standard InChI is InChI=1S/C22H18BrNO6/c1-27-15-5-2-4-13(10-15)20-21(30-22(26)24-12-16-6-3-9-28-16)19(25)17-11-14(23)7-8-18(17)29-20/h2-11,20-21H,12H2,1H3,(H,24,26)/t20-,21+/m0/s1. The highest BCUT2D eigenvalue weighted by Gasteiger charge is 2.41. The average Bonchev–Trinajstić information content (AvgIpc) is 3.28. The lowest BCUT2D eigenvalue weighted by Crippen LogP contribution is -2.42. The number of rotatable bonds is 5. The third-order valence-electron chi connectivity index (χ3n) is 4.64. The SMILES string of the molecule is COc1cccc([C@@H]2Oc3ccc(Br)cc3C(=O)[C@H]2OC(=O)NCc2ccco2)c1. The number of alkyl carbamates (subject to hydrolysis) is 1. The Bertz CT molecular complexity index is 1070. The largest absolute Gasteiger partial charge is 0.497 e. The Morgan fingerprint density at radius 3 is 2.80 bits per heavy atom. The fourth-order valence-electron chi connectivity index (χ4n) is 3.19. The highest BCUT2D eigenvalue weighted by molar-refractivity contribution is 9.10. The van der Waals surface area contributed by atoms with Crippen LogP contribution in [0.1, 0.15) is 27.8 Å². The molecule has 0 saturated carbocycles. The van der Waals surface area contributed by atoms with Gasteiger partial charge in [0, 0.05) is 10.0 Å². The number of benzene rings is 2. The number of hydrogen-bond donors (Lipinski definition) is 1. The van der Waals surface area contributed by atoms with Gasteiger partial charge < -0.3 is 23.9 Å². The normalized spacial score (nSPS) is 17.6. The van der Waals surface area contributed by atoms with Crippen molar-refractivity contribution in [3.05, 3.63) is 82.2 Å². The van der Waals surface area contributed by atoms with E-state index in [0.29, 0.717) is 28.4 Å². The number of ether oxygens (including phenoxy) is 3. The molecule has 1 N–H and O–H groups in total. The number of amides is 1. The van der Waals surface area contributed by atoms with Gasteiger partial charge in [-0.05, 0) is 42.5 Å². The van der Waals surface area contributed by atoms with E-state index in [9.17, 15) is 9.59 Å². The Hall–Kier alpha value is -3.26. The summed E-state index contributed by atoms with van der Waals surface area (Å²) in [6, 6.07) is 15.7. The summed E-state index contributed by atoms with van der Waals surface area (Å²) in [6.45, 7) is 0.138. The van der Waals surface area contributed by atoms with Crippen LogP contribution in [0, 0.1) is 0 Å². The number of furan rings is 1. The Labute approximate surface area is 181 Å². The zero-order valence-electron chi connectivity index (χ0n) is 16.0. The number of carbonyl (C=O) groups is 2. The minimum Gasteiger partial charge on any atom is -0.497 e. The molecule has 1 aliphatic rings. The quantitative estimate of drug-likeness (QED) is 0.581. The maximum atomic E-state index is 13.2. The number of Topliss-reactive ketones (excluding diaryl/α,β-unsaturated/α-hetero) is 1. The molecule has 0 bridgehead atoms. The van der Waals surface area contributed by atoms with E-state index in [2.05, 4.69) is 21.2 Å². The van der Waals surface area contributed by atoms with Crippen molar-refractivity contribution in [2.45, 2.75) is 18.8 Å². The molecule has 2 aromatic carbocycles. The molecule has 0 aliphatic carbocycles. The van der Waals surface area contributed by atoms with Gasteiger partial charge in [0.2, 0.25) is 11.9 Å². The van der Waals surface area contributed by atoms with E-state index in [1.807, 2.05) is 0 Å².